The standard InChI is InChI=1S/C23H26N6O2/c1-23(2,3)13-29-17-7-5-14(11-18(17)28(4)22(29)30)21-16(24)6-8-20(27-21)31-15-9-10-26-19(25)12-15/h5-12H,13,24H2,1-4H3,(H2,25,26). The van der Waals surface area contributed by atoms with Crippen molar-refractivity contribution >= 4 is 22.5 Å². The van der Waals surface area contributed by atoms with Crippen LogP contribution in [0.3, 0.4) is 0 Å². The van der Waals surface area contributed by atoms with Crippen LogP contribution >= 0.6 is 0 Å². The minimum atomic E-state index is -0.0460. The van der Waals surface area contributed by atoms with E-state index in [1.54, 1.807) is 42.1 Å². The Hall–Kier alpha value is -3.81. The molecule has 0 fully saturated rings. The molecular formula is C23H26N6O2. The minimum Gasteiger partial charge on any atom is -0.439 e. The summed E-state index contributed by atoms with van der Waals surface area (Å²) in [7, 11) is 1.78. The number of pyridine rings is 2. The Balaban J connectivity index is 1.76. The number of ether oxygens (including phenoxy) is 1. The van der Waals surface area contributed by atoms with Crippen LogP contribution in [0, 0.1) is 5.41 Å². The van der Waals surface area contributed by atoms with Crippen molar-refractivity contribution in [3.8, 4) is 22.9 Å². The topological polar surface area (TPSA) is 114 Å². The van der Waals surface area contributed by atoms with Crippen molar-refractivity contribution in [2.24, 2.45) is 12.5 Å². The number of anilines is 2. The number of fused-ring (bicyclic) bond motifs is 1. The second-order valence-electron chi connectivity index (χ2n) is 8.80. The molecule has 3 heterocycles. The smallest absolute Gasteiger partial charge is 0.328 e. The van der Waals surface area contributed by atoms with Gasteiger partial charge in [0.1, 0.15) is 11.6 Å². The summed E-state index contributed by atoms with van der Waals surface area (Å²) in [5, 5.41) is 0. The third-order valence-electron chi connectivity index (χ3n) is 4.93. The lowest BCUT2D eigenvalue weighted by Gasteiger charge is -2.18. The lowest BCUT2D eigenvalue weighted by atomic mass is 9.97. The van der Waals surface area contributed by atoms with E-state index in [0.717, 1.165) is 16.6 Å². The first-order chi connectivity index (χ1) is 14.6. The number of benzene rings is 1. The largest absolute Gasteiger partial charge is 0.439 e. The molecule has 0 aliphatic heterocycles. The number of rotatable bonds is 4. The van der Waals surface area contributed by atoms with Crippen molar-refractivity contribution in [3.63, 3.8) is 0 Å². The Kier molecular flexibility index (Phi) is 4.93. The van der Waals surface area contributed by atoms with Gasteiger partial charge < -0.3 is 16.2 Å². The maximum atomic E-state index is 12.8. The van der Waals surface area contributed by atoms with Gasteiger partial charge in [-0.05, 0) is 29.7 Å². The molecule has 8 heteroatoms. The number of imidazole rings is 1. The summed E-state index contributed by atoms with van der Waals surface area (Å²) >= 11 is 0. The van der Waals surface area contributed by atoms with E-state index in [4.69, 9.17) is 16.2 Å². The molecule has 4 rings (SSSR count). The van der Waals surface area contributed by atoms with Gasteiger partial charge in [0.25, 0.3) is 0 Å². The van der Waals surface area contributed by atoms with Crippen LogP contribution in [0.5, 0.6) is 11.6 Å². The molecule has 0 aliphatic carbocycles. The van der Waals surface area contributed by atoms with E-state index in [0.29, 0.717) is 35.4 Å². The average molecular weight is 419 g/mol. The predicted octanol–water partition coefficient (Wildman–Crippen LogP) is 3.80. The van der Waals surface area contributed by atoms with Crippen LogP contribution in [-0.2, 0) is 13.6 Å². The van der Waals surface area contributed by atoms with Crippen LogP contribution < -0.4 is 21.9 Å². The van der Waals surface area contributed by atoms with Crippen LogP contribution in [0.4, 0.5) is 11.5 Å². The second-order valence-corrected chi connectivity index (χ2v) is 8.80. The summed E-state index contributed by atoms with van der Waals surface area (Å²) in [6.45, 7) is 6.96. The first-order valence-corrected chi connectivity index (χ1v) is 9.98. The van der Waals surface area contributed by atoms with Crippen molar-refractivity contribution in [3.05, 3.63) is 59.1 Å². The van der Waals surface area contributed by atoms with Gasteiger partial charge in [-0.15, -0.1) is 0 Å². The second kappa shape index (κ2) is 7.46. The number of aromatic nitrogens is 4. The van der Waals surface area contributed by atoms with Crippen LogP contribution in [0.2, 0.25) is 0 Å². The molecule has 8 nitrogen and oxygen atoms in total. The van der Waals surface area contributed by atoms with Gasteiger partial charge in [0.2, 0.25) is 5.88 Å². The molecular weight excluding hydrogens is 392 g/mol. The first kappa shape index (κ1) is 20.5. The van der Waals surface area contributed by atoms with Crippen molar-refractivity contribution < 1.29 is 4.74 Å². The Labute approximate surface area is 180 Å². The fraction of sp³-hybridized carbons (Fsp3) is 0.261. The Morgan fingerprint density at radius 2 is 1.81 bits per heavy atom. The summed E-state index contributed by atoms with van der Waals surface area (Å²) in [6, 6.07) is 12.6. The number of hydrogen-bond acceptors (Lipinski definition) is 6. The van der Waals surface area contributed by atoms with Gasteiger partial charge >= 0.3 is 5.69 Å². The van der Waals surface area contributed by atoms with Crippen molar-refractivity contribution in [2.45, 2.75) is 27.3 Å². The van der Waals surface area contributed by atoms with Crippen molar-refractivity contribution in [1.29, 1.82) is 0 Å². The molecule has 0 radical (unpaired) electrons. The molecule has 0 saturated carbocycles. The normalized spacial score (nSPS) is 11.7. The number of nitrogen functional groups attached to an aromatic ring is 2. The predicted molar refractivity (Wildman–Crippen MR) is 123 cm³/mol. The van der Waals surface area contributed by atoms with Crippen LogP contribution in [0.1, 0.15) is 20.8 Å². The molecule has 160 valence electrons. The van der Waals surface area contributed by atoms with Crippen molar-refractivity contribution in [1.82, 2.24) is 19.1 Å². The molecule has 0 unspecified atom stereocenters. The van der Waals surface area contributed by atoms with Crippen LogP contribution in [-0.4, -0.2) is 19.1 Å². The van der Waals surface area contributed by atoms with E-state index in [2.05, 4.69) is 30.7 Å². The maximum absolute atomic E-state index is 12.8. The molecule has 31 heavy (non-hydrogen) atoms. The quantitative estimate of drug-likeness (QED) is 0.521. The number of nitrogens with zero attached hydrogens (tertiary/aromatic N) is 4. The lowest BCUT2D eigenvalue weighted by Crippen LogP contribution is -2.27. The summed E-state index contributed by atoms with van der Waals surface area (Å²) in [4.78, 5) is 21.4. The van der Waals surface area contributed by atoms with Gasteiger partial charge in [0.05, 0.1) is 22.4 Å². The number of aryl methyl sites for hydroxylation is 1. The third-order valence-corrected chi connectivity index (χ3v) is 4.93. The summed E-state index contributed by atoms with van der Waals surface area (Å²) < 4.78 is 9.28. The van der Waals surface area contributed by atoms with Gasteiger partial charge in [-0.1, -0.05) is 26.8 Å². The zero-order chi connectivity index (χ0) is 22.3. The average Bonchev–Trinajstić information content (AvgIpc) is 2.93. The van der Waals surface area contributed by atoms with Crippen molar-refractivity contribution in [2.75, 3.05) is 11.5 Å². The highest BCUT2D eigenvalue weighted by Gasteiger charge is 2.18. The molecule has 0 spiro atoms. The summed E-state index contributed by atoms with van der Waals surface area (Å²) in [6.07, 6.45) is 1.57. The highest BCUT2D eigenvalue weighted by Crippen LogP contribution is 2.31. The third kappa shape index (κ3) is 4.09. The minimum absolute atomic E-state index is 0.0230. The monoisotopic (exact) mass is 418 g/mol. The van der Waals surface area contributed by atoms with Gasteiger partial charge in [-0.25, -0.2) is 14.8 Å². The highest BCUT2D eigenvalue weighted by molar-refractivity contribution is 5.84. The molecule has 0 bridgehead atoms. The fourth-order valence-corrected chi connectivity index (χ4v) is 3.53. The number of hydrogen-bond donors (Lipinski definition) is 2. The molecule has 4 N–H and O–H groups in total. The zero-order valence-electron chi connectivity index (χ0n) is 18.1. The fourth-order valence-electron chi connectivity index (χ4n) is 3.53. The van der Waals surface area contributed by atoms with E-state index < -0.39 is 0 Å². The molecule has 0 amide bonds. The van der Waals surface area contributed by atoms with Crippen LogP contribution in [0.25, 0.3) is 22.3 Å². The molecule has 4 aromatic rings. The van der Waals surface area contributed by atoms with Gasteiger partial charge in [0, 0.05) is 37.5 Å². The Bertz CT molecular complexity index is 1330. The summed E-state index contributed by atoms with van der Waals surface area (Å²) in [5.41, 5.74) is 15.5. The molecule has 3 aromatic heterocycles. The highest BCUT2D eigenvalue weighted by atomic mass is 16.5. The molecule has 0 saturated heterocycles. The lowest BCUT2D eigenvalue weighted by molar-refractivity contribution is 0.342. The van der Waals surface area contributed by atoms with Gasteiger partial charge in [-0.2, -0.15) is 0 Å². The molecule has 1 aromatic carbocycles. The molecule has 0 atom stereocenters. The van der Waals surface area contributed by atoms with E-state index in [1.165, 1.54) is 0 Å². The van der Waals surface area contributed by atoms with Gasteiger partial charge in [-0.3, -0.25) is 9.13 Å². The summed E-state index contributed by atoms with van der Waals surface area (Å²) in [5.74, 6) is 1.28. The van der Waals surface area contributed by atoms with E-state index in [9.17, 15) is 4.79 Å². The zero-order valence-corrected chi connectivity index (χ0v) is 18.1. The maximum Gasteiger partial charge on any atom is 0.328 e. The van der Waals surface area contributed by atoms with E-state index >= 15 is 0 Å². The molecule has 0 aliphatic rings. The number of nitrogens with two attached hydrogens (primary N) is 2. The van der Waals surface area contributed by atoms with Gasteiger partial charge in [0.15, 0.2) is 0 Å². The SMILES string of the molecule is Cn1c(=O)n(CC(C)(C)C)c2ccc(-c3nc(Oc4ccnc(N)c4)ccc3N)cc21. The van der Waals surface area contributed by atoms with Crippen LogP contribution in [0.15, 0.2) is 53.5 Å². The first-order valence-electron chi connectivity index (χ1n) is 9.98. The Morgan fingerprint density at radius 3 is 2.52 bits per heavy atom. The Morgan fingerprint density at radius 1 is 1.03 bits per heavy atom. The van der Waals surface area contributed by atoms with E-state index in [-0.39, 0.29) is 11.1 Å². The van der Waals surface area contributed by atoms with E-state index in [1.807, 2.05) is 22.8 Å².